The van der Waals surface area contributed by atoms with Crippen LogP contribution >= 0.6 is 22.9 Å². The molecular formula is C8H15IN2. The van der Waals surface area contributed by atoms with Gasteiger partial charge < -0.3 is 5.32 Å². The van der Waals surface area contributed by atoms with Crippen LogP contribution in [0.15, 0.2) is 0 Å². The average Bonchev–Trinajstić information content (AvgIpc) is 2.78. The van der Waals surface area contributed by atoms with Crippen LogP contribution < -0.4 is 5.32 Å². The van der Waals surface area contributed by atoms with Gasteiger partial charge in [-0.1, -0.05) is 0 Å². The van der Waals surface area contributed by atoms with Gasteiger partial charge in [-0.2, -0.15) is 0 Å². The van der Waals surface area contributed by atoms with Crippen LogP contribution in [-0.2, 0) is 0 Å². The molecule has 0 amide bonds. The Morgan fingerprint density at radius 2 is 1.55 bits per heavy atom. The van der Waals surface area contributed by atoms with Crippen molar-refractivity contribution in [2.45, 2.75) is 37.8 Å². The summed E-state index contributed by atoms with van der Waals surface area (Å²) in [5, 5.41) is 3.68. The maximum absolute atomic E-state index is 3.68. The van der Waals surface area contributed by atoms with Gasteiger partial charge in [-0.25, -0.2) is 3.11 Å². The van der Waals surface area contributed by atoms with Crippen molar-refractivity contribution < 1.29 is 0 Å². The molecular weight excluding hydrogens is 251 g/mol. The summed E-state index contributed by atoms with van der Waals surface area (Å²) < 4.78 is 2.39. The Morgan fingerprint density at radius 3 is 2.09 bits per heavy atom. The maximum atomic E-state index is 3.68. The highest BCUT2D eigenvalue weighted by molar-refractivity contribution is 14.1. The Hall–Kier alpha value is 0.650. The Balaban J connectivity index is 1.69. The summed E-state index contributed by atoms with van der Waals surface area (Å²) in [6.45, 7) is 2.54. The topological polar surface area (TPSA) is 15.3 Å². The Bertz CT molecular complexity index is 128. The summed E-state index contributed by atoms with van der Waals surface area (Å²) in [5.74, 6) is 0. The normalized spacial score (nSPS) is 29.2. The molecule has 0 aromatic rings. The molecule has 0 bridgehead atoms. The maximum Gasteiger partial charge on any atom is 0.0201 e. The molecule has 2 fully saturated rings. The second-order valence-corrected chi connectivity index (χ2v) is 4.99. The molecule has 1 heterocycles. The predicted octanol–water partition coefficient (Wildman–Crippen LogP) is 1.55. The number of halogens is 1. The zero-order valence-electron chi connectivity index (χ0n) is 6.72. The summed E-state index contributed by atoms with van der Waals surface area (Å²) in [7, 11) is 0. The summed E-state index contributed by atoms with van der Waals surface area (Å²) in [6, 6.07) is 1.72. The molecule has 0 spiro atoms. The lowest BCUT2D eigenvalue weighted by molar-refractivity contribution is 0.323. The Kier molecular flexibility index (Phi) is 2.69. The van der Waals surface area contributed by atoms with E-state index in [0.717, 1.165) is 12.1 Å². The Labute approximate surface area is 82.2 Å². The van der Waals surface area contributed by atoms with Gasteiger partial charge in [-0.15, -0.1) is 0 Å². The molecule has 0 unspecified atom stereocenters. The van der Waals surface area contributed by atoms with Gasteiger partial charge in [0.1, 0.15) is 0 Å². The van der Waals surface area contributed by atoms with Gasteiger partial charge >= 0.3 is 0 Å². The van der Waals surface area contributed by atoms with Crippen molar-refractivity contribution in [3.8, 4) is 0 Å². The minimum absolute atomic E-state index is 0.827. The van der Waals surface area contributed by atoms with E-state index in [1.54, 1.807) is 0 Å². The number of piperidine rings is 1. The first kappa shape index (κ1) is 8.26. The number of nitrogens with zero attached hydrogens (tertiary/aromatic N) is 1. The summed E-state index contributed by atoms with van der Waals surface area (Å²) in [6.07, 6.45) is 5.54. The van der Waals surface area contributed by atoms with Gasteiger partial charge in [0, 0.05) is 48.0 Å². The van der Waals surface area contributed by atoms with E-state index in [4.69, 9.17) is 0 Å². The van der Waals surface area contributed by atoms with E-state index in [-0.39, 0.29) is 0 Å². The molecule has 1 saturated heterocycles. The molecule has 0 aromatic heterocycles. The first-order valence-corrected chi connectivity index (χ1v) is 5.48. The summed E-state index contributed by atoms with van der Waals surface area (Å²) in [4.78, 5) is 0. The van der Waals surface area contributed by atoms with E-state index >= 15 is 0 Å². The van der Waals surface area contributed by atoms with Crippen LogP contribution in [0.1, 0.15) is 25.7 Å². The van der Waals surface area contributed by atoms with Gasteiger partial charge in [-0.3, -0.25) is 0 Å². The van der Waals surface area contributed by atoms with E-state index < -0.39 is 0 Å². The lowest BCUT2D eigenvalue weighted by Gasteiger charge is -2.28. The molecule has 2 nitrogen and oxygen atoms in total. The van der Waals surface area contributed by atoms with Crippen molar-refractivity contribution >= 4 is 22.9 Å². The molecule has 64 valence electrons. The van der Waals surface area contributed by atoms with Gasteiger partial charge in [-0.05, 0) is 25.7 Å². The van der Waals surface area contributed by atoms with Crippen molar-refractivity contribution in [3.63, 3.8) is 0 Å². The first-order chi connectivity index (χ1) is 5.34. The van der Waals surface area contributed by atoms with E-state index in [1.165, 1.54) is 38.8 Å². The number of hydrogen-bond acceptors (Lipinski definition) is 2. The van der Waals surface area contributed by atoms with Crippen molar-refractivity contribution in [2.24, 2.45) is 0 Å². The summed E-state index contributed by atoms with van der Waals surface area (Å²) in [5.41, 5.74) is 0. The molecule has 0 radical (unpaired) electrons. The number of rotatable bonds is 2. The minimum Gasteiger partial charge on any atom is -0.311 e. The molecule has 11 heavy (non-hydrogen) atoms. The highest BCUT2D eigenvalue weighted by Crippen LogP contribution is 2.22. The van der Waals surface area contributed by atoms with Gasteiger partial charge in [0.05, 0.1) is 0 Å². The van der Waals surface area contributed by atoms with Crippen LogP contribution in [0.5, 0.6) is 0 Å². The fourth-order valence-corrected chi connectivity index (χ4v) is 2.16. The smallest absolute Gasteiger partial charge is 0.0201 e. The SMILES string of the molecule is IN1CCC(NC2CC2)CC1. The Morgan fingerprint density at radius 1 is 1.00 bits per heavy atom. The zero-order chi connectivity index (χ0) is 7.68. The average molecular weight is 266 g/mol. The molecule has 1 saturated carbocycles. The van der Waals surface area contributed by atoms with E-state index in [0.29, 0.717) is 0 Å². The molecule has 0 aromatic carbocycles. The highest BCUT2D eigenvalue weighted by atomic mass is 127. The van der Waals surface area contributed by atoms with Crippen LogP contribution in [0.3, 0.4) is 0 Å². The molecule has 2 aliphatic rings. The third kappa shape index (κ3) is 2.56. The second-order valence-electron chi connectivity index (χ2n) is 3.63. The zero-order valence-corrected chi connectivity index (χ0v) is 8.88. The van der Waals surface area contributed by atoms with Crippen molar-refractivity contribution in [1.29, 1.82) is 0 Å². The molecule has 2 rings (SSSR count). The lowest BCUT2D eigenvalue weighted by atomic mass is 10.1. The standard InChI is InChI=1S/C8H15IN2/c9-11-5-3-8(4-6-11)10-7-1-2-7/h7-8,10H,1-6H2. The van der Waals surface area contributed by atoms with Crippen molar-refractivity contribution in [3.05, 3.63) is 0 Å². The monoisotopic (exact) mass is 266 g/mol. The molecule has 1 aliphatic carbocycles. The van der Waals surface area contributed by atoms with E-state index in [2.05, 4.69) is 31.3 Å². The largest absolute Gasteiger partial charge is 0.311 e. The second kappa shape index (κ2) is 3.58. The molecule has 3 heteroatoms. The van der Waals surface area contributed by atoms with Crippen molar-refractivity contribution in [1.82, 2.24) is 8.43 Å². The van der Waals surface area contributed by atoms with E-state index in [1.807, 2.05) is 0 Å². The van der Waals surface area contributed by atoms with Crippen LogP contribution in [0, 0.1) is 0 Å². The lowest BCUT2D eigenvalue weighted by Crippen LogP contribution is -2.39. The third-order valence-corrected chi connectivity index (χ3v) is 3.45. The van der Waals surface area contributed by atoms with Crippen LogP contribution in [0.25, 0.3) is 0 Å². The molecule has 1 N–H and O–H groups in total. The fraction of sp³-hybridized carbons (Fsp3) is 1.00. The van der Waals surface area contributed by atoms with Gasteiger partial charge in [0.2, 0.25) is 0 Å². The van der Waals surface area contributed by atoms with Crippen LogP contribution in [0.4, 0.5) is 0 Å². The minimum atomic E-state index is 0.827. The summed E-state index contributed by atoms with van der Waals surface area (Å²) >= 11 is 2.42. The van der Waals surface area contributed by atoms with Gasteiger partial charge in [0.25, 0.3) is 0 Å². The molecule has 0 atom stereocenters. The number of nitrogens with one attached hydrogen (secondary N) is 1. The van der Waals surface area contributed by atoms with Crippen LogP contribution in [0.2, 0.25) is 0 Å². The fourth-order valence-electron chi connectivity index (χ4n) is 1.60. The quantitative estimate of drug-likeness (QED) is 0.602. The van der Waals surface area contributed by atoms with Gasteiger partial charge in [0.15, 0.2) is 0 Å². The third-order valence-electron chi connectivity index (χ3n) is 2.49. The first-order valence-electron chi connectivity index (χ1n) is 4.51. The van der Waals surface area contributed by atoms with Crippen LogP contribution in [-0.4, -0.2) is 28.3 Å². The molecule has 1 aliphatic heterocycles. The number of hydrogen-bond donors (Lipinski definition) is 1. The predicted molar refractivity (Wildman–Crippen MR) is 54.8 cm³/mol. The van der Waals surface area contributed by atoms with E-state index in [9.17, 15) is 0 Å². The van der Waals surface area contributed by atoms with Crippen molar-refractivity contribution in [2.75, 3.05) is 13.1 Å². The highest BCUT2D eigenvalue weighted by Gasteiger charge is 2.26.